The number of carbonyl (C=O) groups excluding carboxylic acids is 1. The van der Waals surface area contributed by atoms with Crippen molar-refractivity contribution in [1.82, 2.24) is 9.80 Å². The molecular formula is C21H26N2O2. The van der Waals surface area contributed by atoms with E-state index in [1.165, 1.54) is 5.56 Å². The molecule has 4 nitrogen and oxygen atoms in total. The summed E-state index contributed by atoms with van der Waals surface area (Å²) in [6.07, 6.45) is 1.15. The lowest BCUT2D eigenvalue weighted by molar-refractivity contribution is 0.0773. The lowest BCUT2D eigenvalue weighted by atomic mass is 10.1. The van der Waals surface area contributed by atoms with Crippen molar-refractivity contribution in [3.8, 4) is 5.75 Å². The van der Waals surface area contributed by atoms with Gasteiger partial charge < -0.3 is 9.64 Å². The zero-order valence-corrected chi connectivity index (χ0v) is 15.0. The summed E-state index contributed by atoms with van der Waals surface area (Å²) < 4.78 is 5.15. The van der Waals surface area contributed by atoms with Crippen molar-refractivity contribution in [2.45, 2.75) is 13.0 Å². The molecule has 1 atom stereocenters. The van der Waals surface area contributed by atoms with Crippen molar-refractivity contribution in [1.29, 1.82) is 0 Å². The van der Waals surface area contributed by atoms with E-state index in [1.54, 1.807) is 7.11 Å². The topological polar surface area (TPSA) is 32.8 Å². The fourth-order valence-corrected chi connectivity index (χ4v) is 3.47. The summed E-state index contributed by atoms with van der Waals surface area (Å²) in [7, 11) is 3.52. The number of nitrogens with zero attached hydrogens (tertiary/aromatic N) is 2. The van der Waals surface area contributed by atoms with Gasteiger partial charge in [-0.25, -0.2) is 0 Å². The highest BCUT2D eigenvalue weighted by atomic mass is 16.5. The van der Waals surface area contributed by atoms with Crippen LogP contribution >= 0.6 is 0 Å². The zero-order chi connectivity index (χ0) is 17.6. The van der Waals surface area contributed by atoms with Gasteiger partial charge in [0.1, 0.15) is 5.75 Å². The molecule has 0 aromatic heterocycles. The SMILES string of the molecule is COc1ccc(C(=O)N(C)CC2CCN(Cc3ccccc3)C2)cc1. The number of carbonyl (C=O) groups is 1. The molecule has 2 aromatic rings. The fraction of sp³-hybridized carbons (Fsp3) is 0.381. The minimum atomic E-state index is 0.0733. The van der Waals surface area contributed by atoms with E-state index in [0.29, 0.717) is 11.5 Å². The van der Waals surface area contributed by atoms with Gasteiger partial charge in [0.05, 0.1) is 7.11 Å². The second-order valence-electron chi connectivity index (χ2n) is 6.79. The number of methoxy groups -OCH3 is 1. The molecule has 0 spiro atoms. The van der Waals surface area contributed by atoms with Crippen LogP contribution in [-0.2, 0) is 6.54 Å². The predicted molar refractivity (Wildman–Crippen MR) is 99.8 cm³/mol. The third-order valence-corrected chi connectivity index (χ3v) is 4.83. The van der Waals surface area contributed by atoms with E-state index in [0.717, 1.165) is 38.3 Å². The molecule has 0 radical (unpaired) electrons. The first kappa shape index (κ1) is 17.5. The Balaban J connectivity index is 1.51. The minimum absolute atomic E-state index is 0.0733. The number of benzene rings is 2. The van der Waals surface area contributed by atoms with Gasteiger partial charge in [0.25, 0.3) is 5.91 Å². The van der Waals surface area contributed by atoms with Crippen LogP contribution in [0.2, 0.25) is 0 Å². The van der Waals surface area contributed by atoms with Crippen molar-refractivity contribution in [3.05, 3.63) is 65.7 Å². The number of amides is 1. The molecule has 0 aliphatic carbocycles. The van der Waals surface area contributed by atoms with E-state index in [1.807, 2.05) is 36.2 Å². The van der Waals surface area contributed by atoms with Crippen LogP contribution in [0.3, 0.4) is 0 Å². The van der Waals surface area contributed by atoms with Crippen molar-refractivity contribution in [2.75, 3.05) is 33.8 Å². The van der Waals surface area contributed by atoms with E-state index in [4.69, 9.17) is 4.74 Å². The summed E-state index contributed by atoms with van der Waals surface area (Å²) >= 11 is 0. The van der Waals surface area contributed by atoms with Crippen molar-refractivity contribution >= 4 is 5.91 Å². The third-order valence-electron chi connectivity index (χ3n) is 4.83. The molecule has 1 amide bonds. The highest BCUT2D eigenvalue weighted by molar-refractivity contribution is 5.94. The monoisotopic (exact) mass is 338 g/mol. The van der Waals surface area contributed by atoms with E-state index in [-0.39, 0.29) is 5.91 Å². The number of rotatable bonds is 6. The summed E-state index contributed by atoms with van der Waals surface area (Å²) in [6, 6.07) is 17.9. The van der Waals surface area contributed by atoms with E-state index in [9.17, 15) is 4.79 Å². The van der Waals surface area contributed by atoms with Gasteiger partial charge in [-0.3, -0.25) is 9.69 Å². The maximum absolute atomic E-state index is 12.6. The summed E-state index contributed by atoms with van der Waals surface area (Å²) in [5, 5.41) is 0. The molecule has 1 unspecified atom stereocenters. The Bertz CT molecular complexity index is 685. The predicted octanol–water partition coefficient (Wildman–Crippen LogP) is 3.29. The number of ether oxygens (including phenoxy) is 1. The Morgan fingerprint density at radius 3 is 2.56 bits per heavy atom. The number of hydrogen-bond donors (Lipinski definition) is 0. The van der Waals surface area contributed by atoms with Crippen molar-refractivity contribution < 1.29 is 9.53 Å². The molecule has 1 heterocycles. The van der Waals surface area contributed by atoms with E-state index >= 15 is 0 Å². The van der Waals surface area contributed by atoms with Crippen LogP contribution in [-0.4, -0.2) is 49.5 Å². The van der Waals surface area contributed by atoms with Gasteiger partial charge >= 0.3 is 0 Å². The normalized spacial score (nSPS) is 17.4. The average molecular weight is 338 g/mol. The van der Waals surface area contributed by atoms with Crippen LogP contribution in [0.25, 0.3) is 0 Å². The van der Waals surface area contributed by atoms with Gasteiger partial charge in [-0.2, -0.15) is 0 Å². The van der Waals surface area contributed by atoms with Crippen LogP contribution in [0.1, 0.15) is 22.3 Å². The van der Waals surface area contributed by atoms with Crippen molar-refractivity contribution in [2.24, 2.45) is 5.92 Å². The first-order valence-electron chi connectivity index (χ1n) is 8.81. The maximum atomic E-state index is 12.6. The molecular weight excluding hydrogens is 312 g/mol. The first-order valence-corrected chi connectivity index (χ1v) is 8.81. The van der Waals surface area contributed by atoms with E-state index in [2.05, 4.69) is 35.2 Å². The Morgan fingerprint density at radius 2 is 1.88 bits per heavy atom. The fourth-order valence-electron chi connectivity index (χ4n) is 3.47. The molecule has 25 heavy (non-hydrogen) atoms. The molecule has 132 valence electrons. The number of hydrogen-bond acceptors (Lipinski definition) is 3. The van der Waals surface area contributed by atoms with Crippen LogP contribution < -0.4 is 4.74 Å². The summed E-state index contributed by atoms with van der Waals surface area (Å²) in [6.45, 7) is 3.95. The molecule has 1 fully saturated rings. The largest absolute Gasteiger partial charge is 0.497 e. The molecule has 1 aliphatic heterocycles. The first-order chi connectivity index (χ1) is 12.2. The highest BCUT2D eigenvalue weighted by Crippen LogP contribution is 2.20. The summed E-state index contributed by atoms with van der Waals surface area (Å²) in [5.74, 6) is 1.38. The smallest absolute Gasteiger partial charge is 0.253 e. The van der Waals surface area contributed by atoms with E-state index < -0.39 is 0 Å². The molecule has 0 N–H and O–H groups in total. The standard InChI is InChI=1S/C21H26N2O2/c1-22(21(24)19-8-10-20(25-2)11-9-19)14-18-12-13-23(16-18)15-17-6-4-3-5-7-17/h3-11,18H,12-16H2,1-2H3. The van der Waals surface area contributed by atoms with Crippen molar-refractivity contribution in [3.63, 3.8) is 0 Å². The molecule has 1 saturated heterocycles. The molecule has 2 aromatic carbocycles. The molecule has 0 bridgehead atoms. The Morgan fingerprint density at radius 1 is 1.16 bits per heavy atom. The lowest BCUT2D eigenvalue weighted by Crippen LogP contribution is -2.33. The number of likely N-dealkylation sites (tertiary alicyclic amines) is 1. The van der Waals surface area contributed by atoms with Crippen LogP contribution in [0, 0.1) is 5.92 Å². The molecule has 0 saturated carbocycles. The van der Waals surface area contributed by atoms with Crippen LogP contribution in [0.5, 0.6) is 5.75 Å². The zero-order valence-electron chi connectivity index (χ0n) is 15.0. The maximum Gasteiger partial charge on any atom is 0.253 e. The minimum Gasteiger partial charge on any atom is -0.497 e. The second kappa shape index (κ2) is 8.17. The summed E-state index contributed by atoms with van der Waals surface area (Å²) in [5.41, 5.74) is 2.06. The quantitative estimate of drug-likeness (QED) is 0.810. The molecule has 3 rings (SSSR count). The Kier molecular flexibility index (Phi) is 5.71. The van der Waals surface area contributed by atoms with Gasteiger partial charge in [0, 0.05) is 32.2 Å². The second-order valence-corrected chi connectivity index (χ2v) is 6.79. The Hall–Kier alpha value is -2.33. The van der Waals surface area contributed by atoms with Crippen LogP contribution in [0.4, 0.5) is 0 Å². The van der Waals surface area contributed by atoms with Gasteiger partial charge in [-0.1, -0.05) is 30.3 Å². The third kappa shape index (κ3) is 4.60. The Labute approximate surface area is 150 Å². The molecule has 4 heteroatoms. The van der Waals surface area contributed by atoms with Gasteiger partial charge in [0.15, 0.2) is 0 Å². The molecule has 1 aliphatic rings. The average Bonchev–Trinajstić information content (AvgIpc) is 3.08. The van der Waals surface area contributed by atoms with Gasteiger partial charge in [-0.05, 0) is 48.7 Å². The van der Waals surface area contributed by atoms with Gasteiger partial charge in [-0.15, -0.1) is 0 Å². The summed E-state index contributed by atoms with van der Waals surface area (Å²) in [4.78, 5) is 16.9. The lowest BCUT2D eigenvalue weighted by Gasteiger charge is -2.22. The van der Waals surface area contributed by atoms with Gasteiger partial charge in [0.2, 0.25) is 0 Å². The van der Waals surface area contributed by atoms with Crippen LogP contribution in [0.15, 0.2) is 54.6 Å². The highest BCUT2D eigenvalue weighted by Gasteiger charge is 2.25.